The van der Waals surface area contributed by atoms with Gasteiger partial charge in [0.15, 0.2) is 11.4 Å². The zero-order valence-corrected chi connectivity index (χ0v) is 10.6. The largest absolute Gasteiger partial charge is 0.458 e. The molecule has 0 unspecified atom stereocenters. The van der Waals surface area contributed by atoms with Crippen LogP contribution in [0.1, 0.15) is 11.3 Å². The average molecular weight is 242 g/mol. The fourth-order valence-corrected chi connectivity index (χ4v) is 1.95. The first kappa shape index (κ1) is 10.8. The molecule has 0 saturated heterocycles. The molecule has 5 heteroatoms. The summed E-state index contributed by atoms with van der Waals surface area (Å²) in [7, 11) is 1.87. The lowest BCUT2D eigenvalue weighted by Gasteiger charge is -2.03. The van der Waals surface area contributed by atoms with Gasteiger partial charge in [-0.15, -0.1) is 5.10 Å². The first-order valence-electron chi connectivity index (χ1n) is 5.79. The maximum absolute atomic E-state index is 5.54. The Hall–Kier alpha value is -2.30. The van der Waals surface area contributed by atoms with Crippen LogP contribution >= 0.6 is 0 Å². The van der Waals surface area contributed by atoms with Crippen molar-refractivity contribution in [1.29, 1.82) is 0 Å². The Kier molecular flexibility index (Phi) is 2.33. The summed E-state index contributed by atoms with van der Waals surface area (Å²) in [4.78, 5) is 4.48. The Morgan fingerprint density at radius 3 is 2.72 bits per heavy atom. The predicted octanol–water partition coefficient (Wildman–Crippen LogP) is 2.65. The highest BCUT2D eigenvalue weighted by atomic mass is 16.3. The second kappa shape index (κ2) is 3.87. The van der Waals surface area contributed by atoms with Gasteiger partial charge >= 0.3 is 0 Å². The lowest BCUT2D eigenvalue weighted by molar-refractivity contribution is 0.544. The van der Waals surface area contributed by atoms with E-state index in [1.807, 2.05) is 45.2 Å². The fourth-order valence-electron chi connectivity index (χ4n) is 1.95. The van der Waals surface area contributed by atoms with Gasteiger partial charge in [-0.3, -0.25) is 0 Å². The minimum Gasteiger partial charge on any atom is -0.458 e. The number of aromatic nitrogens is 3. The molecule has 3 rings (SSSR count). The Morgan fingerprint density at radius 1 is 1.22 bits per heavy atom. The van der Waals surface area contributed by atoms with E-state index < -0.39 is 0 Å². The van der Waals surface area contributed by atoms with E-state index >= 15 is 0 Å². The Balaban J connectivity index is 2.22. The average Bonchev–Trinajstić information content (AvgIpc) is 2.93. The van der Waals surface area contributed by atoms with Crippen molar-refractivity contribution < 1.29 is 4.42 Å². The number of nitrogens with zero attached hydrogens (tertiary/aromatic N) is 3. The van der Waals surface area contributed by atoms with E-state index in [1.165, 1.54) is 0 Å². The molecule has 5 nitrogen and oxygen atoms in total. The Labute approximate surface area is 104 Å². The van der Waals surface area contributed by atoms with Crippen LogP contribution in [0.4, 0.5) is 5.82 Å². The molecule has 0 spiro atoms. The molecule has 3 heterocycles. The van der Waals surface area contributed by atoms with Crippen LogP contribution in [0, 0.1) is 13.8 Å². The molecule has 0 saturated carbocycles. The number of anilines is 1. The summed E-state index contributed by atoms with van der Waals surface area (Å²) in [6.45, 7) is 3.94. The van der Waals surface area contributed by atoms with E-state index in [2.05, 4.69) is 15.4 Å². The molecule has 0 fully saturated rings. The van der Waals surface area contributed by atoms with Gasteiger partial charge in [-0.05, 0) is 43.7 Å². The van der Waals surface area contributed by atoms with Crippen LogP contribution in [0.25, 0.3) is 17.2 Å². The van der Waals surface area contributed by atoms with Crippen molar-refractivity contribution >= 4 is 11.5 Å². The number of rotatable bonds is 2. The molecule has 0 radical (unpaired) electrons. The zero-order chi connectivity index (χ0) is 12.7. The molecule has 3 aromatic rings. The molecule has 0 aliphatic rings. The normalized spacial score (nSPS) is 11.1. The molecule has 0 aromatic carbocycles. The van der Waals surface area contributed by atoms with Crippen LogP contribution < -0.4 is 5.32 Å². The van der Waals surface area contributed by atoms with Gasteiger partial charge in [0.05, 0.1) is 0 Å². The van der Waals surface area contributed by atoms with Gasteiger partial charge in [-0.2, -0.15) is 4.52 Å². The van der Waals surface area contributed by atoms with Crippen molar-refractivity contribution in [1.82, 2.24) is 14.6 Å². The highest BCUT2D eigenvalue weighted by molar-refractivity contribution is 5.57. The minimum atomic E-state index is 0.602. The lowest BCUT2D eigenvalue weighted by atomic mass is 10.3. The van der Waals surface area contributed by atoms with Gasteiger partial charge in [0.1, 0.15) is 11.6 Å². The molecule has 1 N–H and O–H groups in total. The van der Waals surface area contributed by atoms with Gasteiger partial charge in [-0.25, -0.2) is 4.98 Å². The van der Waals surface area contributed by atoms with Gasteiger partial charge in [0.25, 0.3) is 0 Å². The topological polar surface area (TPSA) is 55.4 Å². The molecule has 0 bridgehead atoms. The minimum absolute atomic E-state index is 0.602. The number of hydrogen-bond donors (Lipinski definition) is 1. The van der Waals surface area contributed by atoms with E-state index in [9.17, 15) is 0 Å². The van der Waals surface area contributed by atoms with Crippen molar-refractivity contribution in [2.75, 3.05) is 12.4 Å². The number of nitrogens with one attached hydrogen (secondary N) is 1. The second-order valence-corrected chi connectivity index (χ2v) is 4.28. The van der Waals surface area contributed by atoms with Gasteiger partial charge in [-0.1, -0.05) is 0 Å². The third kappa shape index (κ3) is 1.64. The van der Waals surface area contributed by atoms with Crippen LogP contribution in [-0.4, -0.2) is 21.6 Å². The molecular formula is C13H14N4O. The molecule has 3 aromatic heterocycles. The van der Waals surface area contributed by atoms with Gasteiger partial charge < -0.3 is 9.73 Å². The summed E-state index contributed by atoms with van der Waals surface area (Å²) in [6, 6.07) is 7.81. The van der Waals surface area contributed by atoms with Crippen LogP contribution in [0.15, 0.2) is 28.7 Å². The molecule has 0 amide bonds. The quantitative estimate of drug-likeness (QED) is 0.750. The van der Waals surface area contributed by atoms with Crippen LogP contribution in [-0.2, 0) is 0 Å². The summed E-state index contributed by atoms with van der Waals surface area (Å²) < 4.78 is 7.32. The van der Waals surface area contributed by atoms with Crippen molar-refractivity contribution in [3.8, 4) is 11.6 Å². The maximum atomic E-state index is 5.54. The smallest absolute Gasteiger partial charge is 0.217 e. The predicted molar refractivity (Wildman–Crippen MR) is 69.7 cm³/mol. The summed E-state index contributed by atoms with van der Waals surface area (Å²) in [6.07, 6.45) is 0. The number of hydrogen-bond acceptors (Lipinski definition) is 4. The van der Waals surface area contributed by atoms with Crippen LogP contribution in [0.5, 0.6) is 0 Å². The Bertz CT molecular complexity index is 711. The summed E-state index contributed by atoms with van der Waals surface area (Å²) >= 11 is 0. The van der Waals surface area contributed by atoms with Gasteiger partial charge in [0, 0.05) is 7.05 Å². The third-order valence-corrected chi connectivity index (χ3v) is 2.80. The SMILES string of the molecule is CNc1cc(C)cc2nc(-c3ccc(C)o3)nn12. The molecule has 0 aliphatic carbocycles. The van der Waals surface area contributed by atoms with Crippen LogP contribution in [0.2, 0.25) is 0 Å². The number of aryl methyl sites for hydroxylation is 2. The monoisotopic (exact) mass is 242 g/mol. The molecule has 0 atom stereocenters. The van der Waals surface area contributed by atoms with E-state index in [0.717, 1.165) is 22.8 Å². The molecule has 18 heavy (non-hydrogen) atoms. The number of fused-ring (bicyclic) bond motifs is 1. The Morgan fingerprint density at radius 2 is 2.06 bits per heavy atom. The highest BCUT2D eigenvalue weighted by Gasteiger charge is 2.12. The van der Waals surface area contributed by atoms with Crippen molar-refractivity contribution in [2.45, 2.75) is 13.8 Å². The van der Waals surface area contributed by atoms with E-state index in [4.69, 9.17) is 4.42 Å². The lowest BCUT2D eigenvalue weighted by Crippen LogP contribution is -1.99. The summed E-state index contributed by atoms with van der Waals surface area (Å²) in [5.74, 6) is 3.06. The fraction of sp³-hybridized carbons (Fsp3) is 0.231. The first-order chi connectivity index (χ1) is 8.67. The zero-order valence-electron chi connectivity index (χ0n) is 10.6. The number of pyridine rings is 1. The number of furan rings is 1. The highest BCUT2D eigenvalue weighted by Crippen LogP contribution is 2.21. The van der Waals surface area contributed by atoms with E-state index in [0.29, 0.717) is 11.6 Å². The molecule has 0 aliphatic heterocycles. The standard InChI is InChI=1S/C13H14N4O/c1-8-6-11(14-3)17-12(7-8)15-13(16-17)10-5-4-9(2)18-10/h4-7,14H,1-3H3. The summed E-state index contributed by atoms with van der Waals surface area (Å²) in [5, 5.41) is 7.57. The van der Waals surface area contributed by atoms with Crippen molar-refractivity contribution in [3.05, 3.63) is 35.6 Å². The van der Waals surface area contributed by atoms with E-state index in [-0.39, 0.29) is 0 Å². The molecule has 92 valence electrons. The van der Waals surface area contributed by atoms with E-state index in [1.54, 1.807) is 4.52 Å². The second-order valence-electron chi connectivity index (χ2n) is 4.28. The van der Waals surface area contributed by atoms with Crippen molar-refractivity contribution in [3.63, 3.8) is 0 Å². The summed E-state index contributed by atoms with van der Waals surface area (Å²) in [5.41, 5.74) is 1.95. The van der Waals surface area contributed by atoms with Gasteiger partial charge in [0.2, 0.25) is 5.82 Å². The maximum Gasteiger partial charge on any atom is 0.217 e. The van der Waals surface area contributed by atoms with Crippen LogP contribution in [0.3, 0.4) is 0 Å². The van der Waals surface area contributed by atoms with Crippen molar-refractivity contribution in [2.24, 2.45) is 0 Å². The molecular weight excluding hydrogens is 228 g/mol. The first-order valence-corrected chi connectivity index (χ1v) is 5.79. The third-order valence-electron chi connectivity index (χ3n) is 2.80.